The SMILES string of the molecule is C=C[C@@H]1C[C@]1(NC(=O)[C@@H]1C[C@H]2CN1C(=O)[C@H](CCCC)NC(=O)OCCCC=Cc1ccc3ccnc(c3c1)O2)C(=O)O. The number of cyclic esters (lactones) is 1. The van der Waals surface area contributed by atoms with Crippen LogP contribution in [-0.4, -0.2) is 75.7 Å². The van der Waals surface area contributed by atoms with Crippen molar-refractivity contribution >= 4 is 40.7 Å². The molecule has 11 nitrogen and oxygen atoms in total. The molecule has 0 spiro atoms. The number of benzene rings is 1. The summed E-state index contributed by atoms with van der Waals surface area (Å²) in [7, 11) is 0. The van der Waals surface area contributed by atoms with Crippen molar-refractivity contribution in [2.75, 3.05) is 13.2 Å². The Kier molecular flexibility index (Phi) is 8.98. The van der Waals surface area contributed by atoms with Gasteiger partial charge in [0.05, 0.1) is 13.2 Å². The van der Waals surface area contributed by atoms with Crippen LogP contribution in [0.15, 0.2) is 49.2 Å². The van der Waals surface area contributed by atoms with E-state index in [0.717, 1.165) is 22.8 Å². The van der Waals surface area contributed by atoms with Crippen molar-refractivity contribution in [3.63, 3.8) is 0 Å². The monoisotopic (exact) mass is 590 g/mol. The van der Waals surface area contributed by atoms with Gasteiger partial charge in [-0.05, 0) is 48.8 Å². The molecule has 1 saturated heterocycles. The summed E-state index contributed by atoms with van der Waals surface area (Å²) >= 11 is 0. The van der Waals surface area contributed by atoms with E-state index in [4.69, 9.17) is 9.47 Å². The van der Waals surface area contributed by atoms with E-state index in [9.17, 15) is 24.3 Å². The minimum atomic E-state index is -1.45. The Hall–Kier alpha value is -4.41. The van der Waals surface area contributed by atoms with Gasteiger partial charge in [0.1, 0.15) is 23.7 Å². The van der Waals surface area contributed by atoms with Gasteiger partial charge in [0.25, 0.3) is 0 Å². The first kappa shape index (κ1) is 30.1. The molecule has 0 radical (unpaired) electrons. The van der Waals surface area contributed by atoms with Crippen LogP contribution in [0, 0.1) is 5.92 Å². The van der Waals surface area contributed by atoms with Crippen molar-refractivity contribution in [3.8, 4) is 5.88 Å². The summed E-state index contributed by atoms with van der Waals surface area (Å²) in [5.74, 6) is -2.22. The average molecular weight is 591 g/mol. The van der Waals surface area contributed by atoms with Crippen LogP contribution < -0.4 is 15.4 Å². The molecule has 0 unspecified atom stereocenters. The molecule has 5 atom stereocenters. The number of pyridine rings is 1. The molecule has 1 aliphatic carbocycles. The third-order valence-electron chi connectivity index (χ3n) is 8.40. The zero-order chi connectivity index (χ0) is 30.6. The van der Waals surface area contributed by atoms with E-state index in [1.54, 1.807) is 6.20 Å². The number of carboxylic acids is 1. The molecule has 3 amide bonds. The number of nitrogens with one attached hydrogen (secondary N) is 2. The first-order valence-corrected chi connectivity index (χ1v) is 14.9. The van der Waals surface area contributed by atoms with Crippen LogP contribution in [-0.2, 0) is 19.1 Å². The Morgan fingerprint density at radius 2 is 2.14 bits per heavy atom. The number of hydrogen-bond donors (Lipinski definition) is 3. The summed E-state index contributed by atoms with van der Waals surface area (Å²) in [6, 6.07) is 5.89. The number of aromatic nitrogens is 1. The number of carbonyl (C=O) groups excluding carboxylic acids is 3. The molecule has 2 aliphatic heterocycles. The fraction of sp³-hybridized carbons (Fsp3) is 0.469. The molecule has 11 heteroatoms. The highest BCUT2D eigenvalue weighted by Crippen LogP contribution is 2.45. The van der Waals surface area contributed by atoms with Gasteiger partial charge < -0.3 is 30.1 Å². The van der Waals surface area contributed by atoms with Crippen LogP contribution in [0.1, 0.15) is 57.4 Å². The predicted octanol–water partition coefficient (Wildman–Crippen LogP) is 3.82. The summed E-state index contributed by atoms with van der Waals surface area (Å²) < 4.78 is 11.7. The van der Waals surface area contributed by atoms with E-state index in [1.165, 1.54) is 11.0 Å². The third-order valence-corrected chi connectivity index (χ3v) is 8.40. The summed E-state index contributed by atoms with van der Waals surface area (Å²) in [5, 5.41) is 17.0. The van der Waals surface area contributed by atoms with Crippen LogP contribution in [0.25, 0.3) is 16.8 Å². The second kappa shape index (κ2) is 12.8. The van der Waals surface area contributed by atoms with E-state index < -0.39 is 53.5 Å². The lowest BCUT2D eigenvalue weighted by Crippen LogP contribution is -2.56. The number of carboxylic acid groups (broad SMARTS) is 1. The van der Waals surface area contributed by atoms with Gasteiger partial charge >= 0.3 is 12.1 Å². The molecular weight excluding hydrogens is 552 g/mol. The largest absolute Gasteiger partial charge is 0.479 e. The number of fused-ring (bicyclic) bond motifs is 3. The van der Waals surface area contributed by atoms with Gasteiger partial charge in [0.15, 0.2) is 0 Å². The van der Waals surface area contributed by atoms with E-state index >= 15 is 0 Å². The lowest BCUT2D eigenvalue weighted by atomic mass is 10.1. The minimum absolute atomic E-state index is 0.0545. The van der Waals surface area contributed by atoms with Gasteiger partial charge in [-0.25, -0.2) is 14.6 Å². The maximum Gasteiger partial charge on any atom is 0.407 e. The van der Waals surface area contributed by atoms with Gasteiger partial charge in [-0.2, -0.15) is 0 Å². The van der Waals surface area contributed by atoms with Crippen LogP contribution in [0.5, 0.6) is 5.88 Å². The van der Waals surface area contributed by atoms with Crippen molar-refractivity contribution in [1.29, 1.82) is 0 Å². The summed E-state index contributed by atoms with van der Waals surface area (Å²) in [5.41, 5.74) is -0.506. The summed E-state index contributed by atoms with van der Waals surface area (Å²) in [4.78, 5) is 58.3. The first-order chi connectivity index (χ1) is 20.8. The molecule has 43 heavy (non-hydrogen) atoms. The van der Waals surface area contributed by atoms with E-state index in [1.807, 2.05) is 43.3 Å². The summed E-state index contributed by atoms with van der Waals surface area (Å²) in [6.07, 6.45) is 9.31. The van der Waals surface area contributed by atoms with Crippen molar-refractivity contribution in [2.45, 2.75) is 75.6 Å². The number of carbonyl (C=O) groups is 4. The number of rotatable bonds is 7. The Bertz CT molecular complexity index is 1440. The summed E-state index contributed by atoms with van der Waals surface area (Å²) in [6.45, 7) is 5.90. The number of alkyl carbamates (subject to hydrolysis) is 1. The molecule has 3 heterocycles. The highest BCUT2D eigenvalue weighted by molar-refractivity contribution is 5.96. The topological polar surface area (TPSA) is 147 Å². The minimum Gasteiger partial charge on any atom is -0.479 e. The second-order valence-electron chi connectivity index (χ2n) is 11.4. The van der Waals surface area contributed by atoms with Gasteiger partial charge in [-0.3, -0.25) is 9.59 Å². The number of ether oxygens (including phenoxy) is 2. The maximum atomic E-state index is 14.0. The van der Waals surface area contributed by atoms with Crippen molar-refractivity contribution in [2.24, 2.45) is 5.92 Å². The fourth-order valence-corrected chi connectivity index (χ4v) is 5.84. The molecule has 1 aromatic heterocycles. The molecule has 4 bridgehead atoms. The highest BCUT2D eigenvalue weighted by atomic mass is 16.5. The predicted molar refractivity (Wildman–Crippen MR) is 159 cm³/mol. The third kappa shape index (κ3) is 6.50. The quantitative estimate of drug-likeness (QED) is 0.413. The van der Waals surface area contributed by atoms with Gasteiger partial charge in [0, 0.05) is 23.9 Å². The van der Waals surface area contributed by atoms with Crippen LogP contribution >= 0.6 is 0 Å². The van der Waals surface area contributed by atoms with E-state index in [0.29, 0.717) is 31.6 Å². The zero-order valence-electron chi connectivity index (χ0n) is 24.3. The highest BCUT2D eigenvalue weighted by Gasteiger charge is 2.61. The zero-order valence-corrected chi connectivity index (χ0v) is 24.3. The van der Waals surface area contributed by atoms with Crippen molar-refractivity contribution < 1.29 is 33.8 Å². The number of nitrogens with zero attached hydrogens (tertiary/aromatic N) is 2. The van der Waals surface area contributed by atoms with Gasteiger partial charge in [0.2, 0.25) is 17.7 Å². The molecule has 2 aromatic rings. The number of unbranched alkanes of at least 4 members (excludes halogenated alkanes) is 1. The van der Waals surface area contributed by atoms with Crippen molar-refractivity contribution in [1.82, 2.24) is 20.5 Å². The smallest absolute Gasteiger partial charge is 0.407 e. The first-order valence-electron chi connectivity index (χ1n) is 14.9. The second-order valence-corrected chi connectivity index (χ2v) is 11.4. The molecular formula is C32H38N4O7. The number of hydrogen-bond acceptors (Lipinski definition) is 7. The van der Waals surface area contributed by atoms with E-state index in [2.05, 4.69) is 22.2 Å². The normalized spacial score (nSPS) is 27.4. The molecule has 3 N–H and O–H groups in total. The fourth-order valence-electron chi connectivity index (χ4n) is 5.84. The van der Waals surface area contributed by atoms with Crippen LogP contribution in [0.3, 0.4) is 0 Å². The number of allylic oxidation sites excluding steroid dienone is 1. The lowest BCUT2D eigenvalue weighted by Gasteiger charge is -2.29. The lowest BCUT2D eigenvalue weighted by molar-refractivity contribution is -0.145. The van der Waals surface area contributed by atoms with Gasteiger partial charge in [-0.1, -0.05) is 50.1 Å². The van der Waals surface area contributed by atoms with Crippen molar-refractivity contribution in [3.05, 3.63) is 54.8 Å². The molecule has 2 fully saturated rings. The van der Waals surface area contributed by atoms with Gasteiger partial charge in [-0.15, -0.1) is 6.58 Å². The molecule has 1 aromatic carbocycles. The van der Waals surface area contributed by atoms with Crippen LogP contribution in [0.2, 0.25) is 0 Å². The van der Waals surface area contributed by atoms with Crippen LogP contribution in [0.4, 0.5) is 4.79 Å². The standard InChI is InChI=1S/C32H38N4O7/c1-3-5-10-25-29(38)36-19-23(17-26(36)27(37)35-32(30(39)40)18-22(32)4-2)43-28-24-16-20(11-12-21(24)13-14-33-28)9-7-6-8-15-42-31(41)34-25/h4,7,9,11-14,16,22-23,25-26H,2-3,5-6,8,10,15,17-19H2,1H3,(H,34,41)(H,35,37)(H,39,40)/t22-,23+,25+,26+,32-/m1/s1. The maximum absolute atomic E-state index is 14.0. The molecule has 3 aliphatic rings. The average Bonchev–Trinajstić information content (AvgIpc) is 3.56. The number of amides is 3. The van der Waals surface area contributed by atoms with E-state index in [-0.39, 0.29) is 26.0 Å². The molecule has 5 rings (SSSR count). The molecule has 228 valence electrons. The Morgan fingerprint density at radius 1 is 1.30 bits per heavy atom. The Morgan fingerprint density at radius 3 is 2.88 bits per heavy atom. The Balaban J connectivity index is 1.49. The Labute approximate surface area is 250 Å². The number of aliphatic carboxylic acids is 1. The molecule has 1 saturated carbocycles.